The Bertz CT molecular complexity index is 831. The second-order valence-electron chi connectivity index (χ2n) is 5.83. The number of benzene rings is 1. The molecule has 7 heteroatoms. The Hall–Kier alpha value is -2.18. The van der Waals surface area contributed by atoms with Gasteiger partial charge in [-0.15, -0.1) is 0 Å². The summed E-state index contributed by atoms with van der Waals surface area (Å²) < 4.78 is 7.79. The highest BCUT2D eigenvalue weighted by Gasteiger charge is 2.21. The summed E-state index contributed by atoms with van der Waals surface area (Å²) in [6.07, 6.45) is 4.93. The maximum atomic E-state index is 6.13. The van der Waals surface area contributed by atoms with Gasteiger partial charge in [0.05, 0.1) is 6.33 Å². The van der Waals surface area contributed by atoms with Gasteiger partial charge in [0.1, 0.15) is 6.23 Å². The minimum atomic E-state index is -0.0308. The van der Waals surface area contributed by atoms with E-state index in [-0.39, 0.29) is 11.5 Å². The number of hydrogen-bond acceptors (Lipinski definition) is 5. The van der Waals surface area contributed by atoms with Gasteiger partial charge < -0.3 is 10.1 Å². The van der Waals surface area contributed by atoms with Crippen molar-refractivity contribution in [1.29, 1.82) is 0 Å². The summed E-state index contributed by atoms with van der Waals surface area (Å²) >= 11 is 6.13. The Morgan fingerprint density at radius 1 is 1.19 bits per heavy atom. The Kier molecular flexibility index (Phi) is 6.41. The standard InChI is InChI=1S/C17H18ClN5O.C2H6/c18-17-21-15(19-10-12-6-2-1-3-7-12)14-16(22-17)23(11-20-14)13-8-4-5-9-24-13;1-2/h1-3,6-7,11,13H,4-5,8-10H2,(H,19,21,22);1-2H3. The number of nitrogens with one attached hydrogen (secondary N) is 1. The quantitative estimate of drug-likeness (QED) is 0.664. The van der Waals surface area contributed by atoms with Crippen LogP contribution in [-0.4, -0.2) is 26.1 Å². The van der Waals surface area contributed by atoms with Crippen LogP contribution in [0.5, 0.6) is 0 Å². The van der Waals surface area contributed by atoms with Crippen LogP contribution in [-0.2, 0) is 11.3 Å². The topological polar surface area (TPSA) is 64.9 Å². The molecule has 1 unspecified atom stereocenters. The third-order valence-electron chi connectivity index (χ3n) is 4.16. The molecule has 6 nitrogen and oxygen atoms in total. The van der Waals surface area contributed by atoms with Gasteiger partial charge in [-0.3, -0.25) is 4.57 Å². The molecule has 0 spiro atoms. The van der Waals surface area contributed by atoms with Crippen LogP contribution in [0.3, 0.4) is 0 Å². The van der Waals surface area contributed by atoms with Crippen molar-refractivity contribution >= 4 is 28.6 Å². The van der Waals surface area contributed by atoms with Crippen LogP contribution in [0.2, 0.25) is 5.28 Å². The molecule has 3 aromatic rings. The van der Waals surface area contributed by atoms with Crippen LogP contribution >= 0.6 is 11.6 Å². The number of hydrogen-bond donors (Lipinski definition) is 1. The Balaban J connectivity index is 0.000000948. The fourth-order valence-electron chi connectivity index (χ4n) is 2.95. The van der Waals surface area contributed by atoms with Gasteiger partial charge in [0.25, 0.3) is 0 Å². The number of fused-ring (bicyclic) bond motifs is 1. The predicted molar refractivity (Wildman–Crippen MR) is 104 cm³/mol. The van der Waals surface area contributed by atoms with E-state index in [0.717, 1.165) is 31.4 Å². The van der Waals surface area contributed by atoms with Crippen LogP contribution in [0.4, 0.5) is 5.82 Å². The van der Waals surface area contributed by atoms with Crippen LogP contribution in [0.1, 0.15) is 44.9 Å². The summed E-state index contributed by atoms with van der Waals surface area (Å²) in [5.74, 6) is 0.642. The van der Waals surface area contributed by atoms with Crippen molar-refractivity contribution in [2.24, 2.45) is 0 Å². The summed E-state index contributed by atoms with van der Waals surface area (Å²) in [6, 6.07) is 10.1. The first-order valence-corrected chi connectivity index (χ1v) is 9.48. The zero-order chi connectivity index (χ0) is 18.4. The van der Waals surface area contributed by atoms with E-state index in [1.807, 2.05) is 36.6 Å². The second-order valence-corrected chi connectivity index (χ2v) is 6.16. The van der Waals surface area contributed by atoms with Gasteiger partial charge in [-0.05, 0) is 36.4 Å². The van der Waals surface area contributed by atoms with Crippen molar-refractivity contribution in [3.05, 3.63) is 47.5 Å². The van der Waals surface area contributed by atoms with E-state index in [1.54, 1.807) is 6.33 Å². The van der Waals surface area contributed by atoms with Crippen LogP contribution in [0.15, 0.2) is 36.7 Å². The maximum Gasteiger partial charge on any atom is 0.226 e. The summed E-state index contributed by atoms with van der Waals surface area (Å²) in [5, 5.41) is 3.51. The van der Waals surface area contributed by atoms with Crippen LogP contribution in [0, 0.1) is 0 Å². The van der Waals surface area contributed by atoms with E-state index >= 15 is 0 Å². The number of nitrogens with zero attached hydrogens (tertiary/aromatic N) is 4. The molecule has 0 amide bonds. The Morgan fingerprint density at radius 3 is 2.73 bits per heavy atom. The van der Waals surface area contributed by atoms with E-state index in [4.69, 9.17) is 16.3 Å². The van der Waals surface area contributed by atoms with Gasteiger partial charge in [-0.25, -0.2) is 4.98 Å². The molecule has 1 fully saturated rings. The smallest absolute Gasteiger partial charge is 0.226 e. The maximum absolute atomic E-state index is 6.13. The summed E-state index contributed by atoms with van der Waals surface area (Å²) in [5.41, 5.74) is 2.58. The number of rotatable bonds is 4. The molecule has 0 aliphatic carbocycles. The zero-order valence-corrected chi connectivity index (χ0v) is 15.9. The van der Waals surface area contributed by atoms with Crippen molar-refractivity contribution in [3.63, 3.8) is 0 Å². The van der Waals surface area contributed by atoms with E-state index < -0.39 is 0 Å². The predicted octanol–water partition coefficient (Wildman–Crippen LogP) is 4.82. The number of anilines is 1. The van der Waals surface area contributed by atoms with Crippen molar-refractivity contribution in [2.75, 3.05) is 11.9 Å². The van der Waals surface area contributed by atoms with Crippen molar-refractivity contribution in [2.45, 2.75) is 45.9 Å². The first-order valence-electron chi connectivity index (χ1n) is 9.11. The average Bonchev–Trinajstić information content (AvgIpc) is 3.13. The molecule has 0 bridgehead atoms. The number of halogens is 1. The van der Waals surface area contributed by atoms with Gasteiger partial charge in [0.15, 0.2) is 17.0 Å². The zero-order valence-electron chi connectivity index (χ0n) is 15.2. The first-order chi connectivity index (χ1) is 12.8. The molecule has 1 aliphatic heterocycles. The molecule has 26 heavy (non-hydrogen) atoms. The van der Waals surface area contributed by atoms with E-state index in [1.165, 1.54) is 0 Å². The lowest BCUT2D eigenvalue weighted by Gasteiger charge is -2.23. The summed E-state index contributed by atoms with van der Waals surface area (Å²) in [6.45, 7) is 5.42. The van der Waals surface area contributed by atoms with E-state index in [9.17, 15) is 0 Å². The van der Waals surface area contributed by atoms with Gasteiger partial charge in [0.2, 0.25) is 5.28 Å². The van der Waals surface area contributed by atoms with E-state index in [0.29, 0.717) is 23.5 Å². The highest BCUT2D eigenvalue weighted by atomic mass is 35.5. The van der Waals surface area contributed by atoms with Crippen LogP contribution < -0.4 is 5.32 Å². The normalized spacial score (nSPS) is 16.8. The lowest BCUT2D eigenvalue weighted by atomic mass is 10.2. The van der Waals surface area contributed by atoms with Gasteiger partial charge in [-0.2, -0.15) is 9.97 Å². The Morgan fingerprint density at radius 2 is 2.00 bits per heavy atom. The fraction of sp³-hybridized carbons (Fsp3) is 0.421. The molecular weight excluding hydrogens is 350 g/mol. The molecule has 1 atom stereocenters. The van der Waals surface area contributed by atoms with Crippen molar-refractivity contribution in [3.8, 4) is 0 Å². The SMILES string of the molecule is CC.Clc1nc(NCc2ccccc2)c2ncn(C3CCCCO3)c2n1. The lowest BCUT2D eigenvalue weighted by molar-refractivity contribution is -0.0298. The first kappa shape index (κ1) is 18.6. The molecule has 1 aromatic carbocycles. The summed E-state index contributed by atoms with van der Waals surface area (Å²) in [4.78, 5) is 13.1. The third kappa shape index (κ3) is 4.14. The average molecular weight is 374 g/mol. The third-order valence-corrected chi connectivity index (χ3v) is 4.33. The number of aromatic nitrogens is 4. The Labute approximate surface area is 158 Å². The highest BCUT2D eigenvalue weighted by Crippen LogP contribution is 2.28. The van der Waals surface area contributed by atoms with E-state index in [2.05, 4.69) is 32.4 Å². The van der Waals surface area contributed by atoms with Crippen molar-refractivity contribution < 1.29 is 4.74 Å². The molecule has 2 aromatic heterocycles. The molecule has 1 aliphatic rings. The molecule has 0 saturated carbocycles. The van der Waals surface area contributed by atoms with Gasteiger partial charge in [-0.1, -0.05) is 44.2 Å². The fourth-order valence-corrected chi connectivity index (χ4v) is 3.11. The number of imidazole rings is 1. The summed E-state index contributed by atoms with van der Waals surface area (Å²) in [7, 11) is 0. The molecule has 1 N–H and O–H groups in total. The molecule has 3 heterocycles. The highest BCUT2D eigenvalue weighted by molar-refractivity contribution is 6.28. The van der Waals surface area contributed by atoms with Gasteiger partial charge in [0, 0.05) is 13.2 Å². The minimum Gasteiger partial charge on any atom is -0.364 e. The van der Waals surface area contributed by atoms with Crippen molar-refractivity contribution in [1.82, 2.24) is 19.5 Å². The number of ether oxygens (including phenoxy) is 1. The van der Waals surface area contributed by atoms with Crippen LogP contribution in [0.25, 0.3) is 11.2 Å². The molecule has 1 saturated heterocycles. The lowest BCUT2D eigenvalue weighted by Crippen LogP contribution is -2.17. The molecule has 138 valence electrons. The molecule has 4 rings (SSSR count). The molecule has 0 radical (unpaired) electrons. The molecular formula is C19H24ClN5O. The second kappa shape index (κ2) is 8.96. The van der Waals surface area contributed by atoms with Gasteiger partial charge >= 0.3 is 0 Å². The largest absolute Gasteiger partial charge is 0.364 e. The monoisotopic (exact) mass is 373 g/mol. The minimum absolute atomic E-state index is 0.0308.